The third kappa shape index (κ3) is 5.84. The molecule has 1 saturated heterocycles. The smallest absolute Gasteiger partial charge is 0.246 e. The number of aromatic amines is 1. The number of nitrogens with one attached hydrogen (secondary N) is 1. The van der Waals surface area contributed by atoms with Crippen LogP contribution >= 0.6 is 11.6 Å². The van der Waals surface area contributed by atoms with Gasteiger partial charge in [-0.25, -0.2) is 5.10 Å². The van der Waals surface area contributed by atoms with Crippen LogP contribution in [-0.4, -0.2) is 45.8 Å². The van der Waals surface area contributed by atoms with Crippen LogP contribution in [-0.2, 0) is 13.0 Å². The van der Waals surface area contributed by atoms with Gasteiger partial charge in [-0.05, 0) is 53.6 Å². The number of H-pyrrole nitrogens is 1. The van der Waals surface area contributed by atoms with Crippen molar-refractivity contribution in [1.82, 2.24) is 20.1 Å². The summed E-state index contributed by atoms with van der Waals surface area (Å²) in [7, 11) is 0. The number of halogens is 1. The van der Waals surface area contributed by atoms with Crippen molar-refractivity contribution in [3.8, 4) is 11.1 Å². The summed E-state index contributed by atoms with van der Waals surface area (Å²) >= 11 is 6.11. The third-order valence-electron chi connectivity index (χ3n) is 6.83. The Morgan fingerprint density at radius 3 is 2.37 bits per heavy atom. The molecular weight excluding hydrogens is 456 g/mol. The van der Waals surface area contributed by atoms with Gasteiger partial charge >= 0.3 is 0 Å². The van der Waals surface area contributed by atoms with Gasteiger partial charge < -0.3 is 10.6 Å². The molecule has 4 aromatic rings. The van der Waals surface area contributed by atoms with Gasteiger partial charge in [0.15, 0.2) is 0 Å². The number of hydrogen-bond acceptors (Lipinski definition) is 5. The predicted molar refractivity (Wildman–Crippen MR) is 143 cm³/mol. The number of piperidine rings is 1. The van der Waals surface area contributed by atoms with Crippen LogP contribution in [0.2, 0.25) is 5.02 Å². The van der Waals surface area contributed by atoms with Crippen molar-refractivity contribution in [3.05, 3.63) is 95.0 Å². The fourth-order valence-corrected chi connectivity index (χ4v) is 5.05. The van der Waals surface area contributed by atoms with E-state index in [1.54, 1.807) is 0 Å². The molecule has 6 nitrogen and oxygen atoms in total. The number of hydrogen-bond donors (Lipinski definition) is 2. The molecule has 0 amide bonds. The highest BCUT2D eigenvalue weighted by molar-refractivity contribution is 6.30. The van der Waals surface area contributed by atoms with Crippen molar-refractivity contribution in [1.29, 1.82) is 0 Å². The average molecular weight is 487 g/mol. The van der Waals surface area contributed by atoms with E-state index in [1.165, 1.54) is 22.3 Å². The fourth-order valence-electron chi connectivity index (χ4n) is 4.93. The molecule has 0 bridgehead atoms. The van der Waals surface area contributed by atoms with Gasteiger partial charge in [-0.2, -0.15) is 4.98 Å². The molecule has 0 unspecified atom stereocenters. The molecule has 35 heavy (non-hydrogen) atoms. The first-order chi connectivity index (χ1) is 17.2. The van der Waals surface area contributed by atoms with Crippen molar-refractivity contribution < 1.29 is 0 Å². The van der Waals surface area contributed by atoms with Gasteiger partial charge in [-0.1, -0.05) is 78.3 Å². The van der Waals surface area contributed by atoms with Gasteiger partial charge in [0.25, 0.3) is 0 Å². The van der Waals surface area contributed by atoms with E-state index in [-0.39, 0.29) is 0 Å². The zero-order chi connectivity index (χ0) is 24.0. The number of rotatable bonds is 8. The predicted octanol–water partition coefficient (Wildman–Crippen LogP) is 5.42. The first-order valence-corrected chi connectivity index (χ1v) is 12.6. The van der Waals surface area contributed by atoms with E-state index in [1.807, 2.05) is 12.1 Å². The quantitative estimate of drug-likeness (QED) is 0.348. The topological polar surface area (TPSA) is 74.1 Å². The van der Waals surface area contributed by atoms with E-state index >= 15 is 0 Å². The first kappa shape index (κ1) is 23.4. The van der Waals surface area contributed by atoms with Crippen molar-refractivity contribution in [2.45, 2.75) is 31.8 Å². The zero-order valence-corrected chi connectivity index (χ0v) is 20.5. The Kier molecular flexibility index (Phi) is 7.31. The van der Waals surface area contributed by atoms with Gasteiger partial charge in [0, 0.05) is 37.2 Å². The van der Waals surface area contributed by atoms with Crippen LogP contribution in [0.3, 0.4) is 0 Å². The maximum Gasteiger partial charge on any atom is 0.246 e. The van der Waals surface area contributed by atoms with E-state index in [4.69, 9.17) is 17.3 Å². The Morgan fingerprint density at radius 2 is 1.66 bits per heavy atom. The van der Waals surface area contributed by atoms with E-state index in [0.29, 0.717) is 17.9 Å². The minimum Gasteiger partial charge on any atom is -0.368 e. The average Bonchev–Trinajstić information content (AvgIpc) is 3.34. The van der Waals surface area contributed by atoms with Crippen molar-refractivity contribution >= 4 is 23.5 Å². The van der Waals surface area contributed by atoms with Crippen LogP contribution in [0.25, 0.3) is 11.1 Å². The summed E-state index contributed by atoms with van der Waals surface area (Å²) in [5, 5.41) is 7.78. The van der Waals surface area contributed by atoms with E-state index in [2.05, 4.69) is 91.7 Å². The minimum absolute atomic E-state index is 0.365. The lowest BCUT2D eigenvalue weighted by Crippen LogP contribution is -2.45. The Bertz CT molecular complexity index is 1220. The third-order valence-corrected chi connectivity index (χ3v) is 7.08. The highest BCUT2D eigenvalue weighted by Gasteiger charge is 2.27. The van der Waals surface area contributed by atoms with Crippen LogP contribution in [0.15, 0.2) is 78.9 Å². The van der Waals surface area contributed by atoms with Crippen LogP contribution < -0.4 is 10.6 Å². The molecular formula is C28H31ClN6. The lowest BCUT2D eigenvalue weighted by Gasteiger charge is -2.38. The Morgan fingerprint density at radius 1 is 0.943 bits per heavy atom. The zero-order valence-electron chi connectivity index (χ0n) is 19.8. The van der Waals surface area contributed by atoms with Crippen LogP contribution in [0.4, 0.5) is 11.9 Å². The van der Waals surface area contributed by atoms with E-state index < -0.39 is 0 Å². The van der Waals surface area contributed by atoms with Gasteiger partial charge in [0.05, 0.1) is 0 Å². The number of anilines is 2. The van der Waals surface area contributed by atoms with Crippen LogP contribution in [0.1, 0.15) is 24.0 Å². The van der Waals surface area contributed by atoms with E-state index in [9.17, 15) is 0 Å². The second kappa shape index (κ2) is 10.9. The SMILES string of the molecule is Nc1nc(N2CCC(N(CCc3ccc(Cl)cc3)Cc3ccccc3-c3ccccc3)CC2)n[nH]1. The highest BCUT2D eigenvalue weighted by Crippen LogP contribution is 2.28. The molecule has 0 atom stereocenters. The second-order valence-electron chi connectivity index (χ2n) is 9.11. The van der Waals surface area contributed by atoms with Crippen molar-refractivity contribution in [2.24, 2.45) is 0 Å². The van der Waals surface area contributed by atoms with Crippen LogP contribution in [0, 0.1) is 0 Å². The molecule has 5 rings (SSSR count). The molecule has 0 aliphatic carbocycles. The first-order valence-electron chi connectivity index (χ1n) is 12.2. The molecule has 1 fully saturated rings. The molecule has 0 spiro atoms. The van der Waals surface area contributed by atoms with Gasteiger partial charge in [-0.3, -0.25) is 4.90 Å². The molecule has 1 aliphatic heterocycles. The molecule has 0 saturated carbocycles. The maximum atomic E-state index is 6.11. The summed E-state index contributed by atoms with van der Waals surface area (Å²) in [6, 6.07) is 28.2. The Hall–Kier alpha value is -3.35. The summed E-state index contributed by atoms with van der Waals surface area (Å²) in [6.45, 7) is 3.74. The summed E-state index contributed by atoms with van der Waals surface area (Å²) in [6.07, 6.45) is 3.10. The maximum absolute atomic E-state index is 6.11. The normalized spacial score (nSPS) is 14.5. The summed E-state index contributed by atoms with van der Waals surface area (Å²) in [4.78, 5) is 9.19. The van der Waals surface area contributed by atoms with Crippen molar-refractivity contribution in [2.75, 3.05) is 30.3 Å². The summed E-state index contributed by atoms with van der Waals surface area (Å²) < 4.78 is 0. The molecule has 3 N–H and O–H groups in total. The molecule has 180 valence electrons. The molecule has 0 radical (unpaired) electrons. The van der Waals surface area contributed by atoms with E-state index in [0.717, 1.165) is 50.5 Å². The van der Waals surface area contributed by atoms with Crippen LogP contribution in [0.5, 0.6) is 0 Å². The number of nitrogens with two attached hydrogens (primary N) is 1. The molecule has 2 heterocycles. The molecule has 7 heteroatoms. The number of aromatic nitrogens is 3. The lowest BCUT2D eigenvalue weighted by atomic mass is 9.97. The largest absolute Gasteiger partial charge is 0.368 e. The summed E-state index contributed by atoms with van der Waals surface area (Å²) in [5.41, 5.74) is 11.0. The number of benzene rings is 3. The monoisotopic (exact) mass is 486 g/mol. The van der Waals surface area contributed by atoms with Gasteiger partial charge in [-0.15, -0.1) is 5.10 Å². The van der Waals surface area contributed by atoms with Crippen molar-refractivity contribution in [3.63, 3.8) is 0 Å². The summed E-state index contributed by atoms with van der Waals surface area (Å²) in [5.74, 6) is 1.06. The molecule has 1 aliphatic rings. The lowest BCUT2D eigenvalue weighted by molar-refractivity contribution is 0.162. The molecule has 1 aromatic heterocycles. The highest BCUT2D eigenvalue weighted by atomic mass is 35.5. The van der Waals surface area contributed by atoms with Gasteiger partial charge in [0.2, 0.25) is 11.9 Å². The van der Waals surface area contributed by atoms with Gasteiger partial charge in [0.1, 0.15) is 0 Å². The number of nitrogen functional groups attached to an aromatic ring is 1. The Labute approximate surface area is 211 Å². The second-order valence-corrected chi connectivity index (χ2v) is 9.55. The minimum atomic E-state index is 0.365. The standard InChI is InChI=1S/C28H31ClN6/c29-24-12-10-21(11-13-24)14-17-35(25-15-18-34(19-16-25)28-31-27(30)32-33-28)20-23-8-4-5-9-26(23)22-6-2-1-3-7-22/h1-13,25H,14-20H2,(H3,30,31,32,33). The number of nitrogens with zero attached hydrogens (tertiary/aromatic N) is 4. The Balaban J connectivity index is 1.34. The fraction of sp³-hybridized carbons (Fsp3) is 0.286. The molecule has 3 aromatic carbocycles.